The fourth-order valence-electron chi connectivity index (χ4n) is 1.64. The molecule has 0 unspecified atom stereocenters. The van der Waals surface area contributed by atoms with Gasteiger partial charge in [0.2, 0.25) is 0 Å². The van der Waals surface area contributed by atoms with Crippen LogP contribution in [0.3, 0.4) is 0 Å². The van der Waals surface area contributed by atoms with Gasteiger partial charge in [-0.2, -0.15) is 0 Å². The van der Waals surface area contributed by atoms with E-state index in [2.05, 4.69) is 0 Å². The predicted octanol–water partition coefficient (Wildman–Crippen LogP) is 4.40. The molecule has 0 fully saturated rings. The maximum atomic E-state index is 6.13. The molecule has 0 aromatic heterocycles. The lowest BCUT2D eigenvalue weighted by Gasteiger charge is -2.08. The van der Waals surface area contributed by atoms with Crippen LogP contribution in [0.15, 0.2) is 30.3 Å². The van der Waals surface area contributed by atoms with Crippen LogP contribution in [0, 0.1) is 0 Å². The van der Waals surface area contributed by atoms with Crippen LogP contribution in [-0.4, -0.2) is 0 Å². The van der Waals surface area contributed by atoms with E-state index in [1.54, 1.807) is 18.2 Å². The van der Waals surface area contributed by atoms with E-state index in [1.807, 2.05) is 12.1 Å². The Morgan fingerprint density at radius 2 is 1.44 bits per heavy atom. The maximum Gasteiger partial charge on any atom is 0.0639 e. The molecular formula is C13H11Cl3N2. The molecule has 0 amide bonds. The second-order valence-corrected chi connectivity index (χ2v) is 5.22. The molecule has 0 saturated heterocycles. The number of halogens is 3. The number of benzene rings is 2. The number of anilines is 2. The molecule has 5 heteroatoms. The van der Waals surface area contributed by atoms with E-state index in [9.17, 15) is 0 Å². The van der Waals surface area contributed by atoms with Gasteiger partial charge in [0.05, 0.1) is 21.4 Å². The van der Waals surface area contributed by atoms with E-state index >= 15 is 0 Å². The van der Waals surface area contributed by atoms with Crippen molar-refractivity contribution in [3.8, 4) is 0 Å². The molecule has 2 aromatic rings. The summed E-state index contributed by atoms with van der Waals surface area (Å²) < 4.78 is 0. The number of nitrogens with two attached hydrogens (primary N) is 2. The molecule has 0 saturated carbocycles. The SMILES string of the molecule is Nc1ccc(Cc2cc(Cl)c(N)cc2Cl)cc1Cl. The zero-order valence-corrected chi connectivity index (χ0v) is 11.7. The van der Waals surface area contributed by atoms with Crippen molar-refractivity contribution in [1.29, 1.82) is 0 Å². The third kappa shape index (κ3) is 2.83. The van der Waals surface area contributed by atoms with Crippen molar-refractivity contribution < 1.29 is 0 Å². The van der Waals surface area contributed by atoms with Gasteiger partial charge in [-0.3, -0.25) is 0 Å². The van der Waals surface area contributed by atoms with E-state index in [-0.39, 0.29) is 0 Å². The summed E-state index contributed by atoms with van der Waals surface area (Å²) in [6, 6.07) is 8.91. The average Bonchev–Trinajstić information content (AvgIpc) is 2.31. The van der Waals surface area contributed by atoms with Crippen molar-refractivity contribution >= 4 is 46.2 Å². The fourth-order valence-corrected chi connectivity index (χ4v) is 2.27. The van der Waals surface area contributed by atoms with Crippen LogP contribution in [0.4, 0.5) is 11.4 Å². The Kier molecular flexibility index (Phi) is 3.91. The van der Waals surface area contributed by atoms with Gasteiger partial charge in [-0.15, -0.1) is 0 Å². The van der Waals surface area contributed by atoms with Crippen LogP contribution >= 0.6 is 34.8 Å². The Morgan fingerprint density at radius 1 is 0.778 bits per heavy atom. The van der Waals surface area contributed by atoms with Gasteiger partial charge >= 0.3 is 0 Å². The Labute approximate surface area is 120 Å². The van der Waals surface area contributed by atoms with Gasteiger partial charge in [-0.25, -0.2) is 0 Å². The molecule has 0 aliphatic carbocycles. The predicted molar refractivity (Wildman–Crippen MR) is 79.5 cm³/mol. The van der Waals surface area contributed by atoms with E-state index in [1.165, 1.54) is 0 Å². The summed E-state index contributed by atoms with van der Waals surface area (Å²) in [5.74, 6) is 0. The molecule has 2 aromatic carbocycles. The Morgan fingerprint density at radius 3 is 2.11 bits per heavy atom. The molecule has 2 rings (SSSR count). The molecule has 0 aliphatic rings. The van der Waals surface area contributed by atoms with Gasteiger partial charge in [0.25, 0.3) is 0 Å². The van der Waals surface area contributed by atoms with E-state index < -0.39 is 0 Å². The van der Waals surface area contributed by atoms with Gasteiger partial charge in [0, 0.05) is 5.02 Å². The first-order valence-corrected chi connectivity index (χ1v) is 6.38. The third-order valence-electron chi connectivity index (χ3n) is 2.63. The molecule has 0 atom stereocenters. The highest BCUT2D eigenvalue weighted by Crippen LogP contribution is 2.29. The van der Waals surface area contributed by atoms with Crippen molar-refractivity contribution in [3.05, 3.63) is 56.5 Å². The second kappa shape index (κ2) is 5.27. The second-order valence-electron chi connectivity index (χ2n) is 4.00. The van der Waals surface area contributed by atoms with Crippen molar-refractivity contribution in [2.24, 2.45) is 0 Å². The maximum absolute atomic E-state index is 6.13. The molecule has 0 spiro atoms. The van der Waals surface area contributed by atoms with Crippen molar-refractivity contribution in [3.63, 3.8) is 0 Å². The normalized spacial score (nSPS) is 10.6. The molecule has 18 heavy (non-hydrogen) atoms. The zero-order chi connectivity index (χ0) is 13.3. The lowest BCUT2D eigenvalue weighted by Crippen LogP contribution is -1.94. The molecule has 0 aliphatic heterocycles. The summed E-state index contributed by atoms with van der Waals surface area (Å²) in [5.41, 5.74) is 14.3. The quantitative estimate of drug-likeness (QED) is 0.808. The standard InChI is InChI=1S/C13H11Cl3N2/c14-9-6-13(18)11(16)5-8(9)3-7-1-2-12(17)10(15)4-7/h1-2,4-6H,3,17-18H2. The molecule has 0 heterocycles. The minimum Gasteiger partial charge on any atom is -0.398 e. The molecule has 0 bridgehead atoms. The average molecular weight is 302 g/mol. The van der Waals surface area contributed by atoms with Gasteiger partial charge < -0.3 is 11.5 Å². The minimum absolute atomic E-state index is 0.473. The smallest absolute Gasteiger partial charge is 0.0639 e. The zero-order valence-electron chi connectivity index (χ0n) is 9.38. The van der Waals surface area contributed by atoms with Gasteiger partial charge in [0.1, 0.15) is 0 Å². The van der Waals surface area contributed by atoms with E-state index in [0.29, 0.717) is 32.9 Å². The summed E-state index contributed by atoms with van der Waals surface area (Å²) in [4.78, 5) is 0. The minimum atomic E-state index is 0.473. The number of nitrogen functional groups attached to an aromatic ring is 2. The fraction of sp³-hybridized carbons (Fsp3) is 0.0769. The van der Waals surface area contributed by atoms with Gasteiger partial charge in [-0.1, -0.05) is 40.9 Å². The monoisotopic (exact) mass is 300 g/mol. The Bertz CT molecular complexity index is 597. The molecule has 2 nitrogen and oxygen atoms in total. The third-order valence-corrected chi connectivity index (χ3v) is 3.63. The van der Waals surface area contributed by atoms with Crippen molar-refractivity contribution in [1.82, 2.24) is 0 Å². The highest BCUT2D eigenvalue weighted by Gasteiger charge is 2.07. The summed E-state index contributed by atoms with van der Waals surface area (Å²) >= 11 is 18.1. The Balaban J connectivity index is 2.34. The number of hydrogen-bond donors (Lipinski definition) is 2. The van der Waals surface area contributed by atoms with Crippen molar-refractivity contribution in [2.75, 3.05) is 11.5 Å². The summed E-state index contributed by atoms with van der Waals surface area (Å²) in [6.45, 7) is 0. The largest absolute Gasteiger partial charge is 0.398 e. The van der Waals surface area contributed by atoms with E-state index in [4.69, 9.17) is 46.3 Å². The van der Waals surface area contributed by atoms with Crippen LogP contribution in [0.5, 0.6) is 0 Å². The first-order valence-electron chi connectivity index (χ1n) is 5.24. The van der Waals surface area contributed by atoms with Crippen LogP contribution in [0.1, 0.15) is 11.1 Å². The van der Waals surface area contributed by atoms with Crippen molar-refractivity contribution in [2.45, 2.75) is 6.42 Å². The number of rotatable bonds is 2. The Hall–Kier alpha value is -1.09. The molecule has 4 N–H and O–H groups in total. The molecule has 0 radical (unpaired) electrons. The van der Waals surface area contributed by atoms with Crippen LogP contribution in [0.25, 0.3) is 0 Å². The van der Waals surface area contributed by atoms with E-state index in [0.717, 1.165) is 11.1 Å². The van der Waals surface area contributed by atoms with Gasteiger partial charge in [0.15, 0.2) is 0 Å². The highest BCUT2D eigenvalue weighted by atomic mass is 35.5. The summed E-state index contributed by atoms with van der Waals surface area (Å²) in [7, 11) is 0. The first kappa shape index (κ1) is 13.3. The number of hydrogen-bond acceptors (Lipinski definition) is 2. The lowest BCUT2D eigenvalue weighted by molar-refractivity contribution is 1.19. The lowest BCUT2D eigenvalue weighted by atomic mass is 10.0. The summed E-state index contributed by atoms with van der Waals surface area (Å²) in [5, 5.41) is 1.62. The molecular weight excluding hydrogens is 291 g/mol. The topological polar surface area (TPSA) is 52.0 Å². The highest BCUT2D eigenvalue weighted by molar-refractivity contribution is 6.35. The molecule has 94 valence electrons. The first-order chi connectivity index (χ1) is 8.47. The van der Waals surface area contributed by atoms with Crippen LogP contribution in [0.2, 0.25) is 15.1 Å². The van der Waals surface area contributed by atoms with Crippen LogP contribution < -0.4 is 11.5 Å². The van der Waals surface area contributed by atoms with Crippen LogP contribution in [-0.2, 0) is 6.42 Å². The van der Waals surface area contributed by atoms with Gasteiger partial charge in [-0.05, 0) is 41.8 Å². The summed E-state index contributed by atoms with van der Waals surface area (Å²) in [6.07, 6.45) is 0.624.